The smallest absolute Gasteiger partial charge is 0.236 e. The van der Waals surface area contributed by atoms with Gasteiger partial charge in [-0.3, -0.25) is 4.79 Å². The van der Waals surface area contributed by atoms with E-state index in [-0.39, 0.29) is 11.9 Å². The van der Waals surface area contributed by atoms with E-state index < -0.39 is 6.04 Å². The lowest BCUT2D eigenvalue weighted by Crippen LogP contribution is -2.39. The Morgan fingerprint density at radius 1 is 1.47 bits per heavy atom. The molecule has 0 heterocycles. The molecule has 0 bridgehead atoms. The van der Waals surface area contributed by atoms with Crippen molar-refractivity contribution in [2.75, 3.05) is 0 Å². The van der Waals surface area contributed by atoms with E-state index in [0.29, 0.717) is 5.92 Å². The van der Waals surface area contributed by atoms with Crippen molar-refractivity contribution in [2.45, 2.75) is 31.3 Å². The highest BCUT2D eigenvalue weighted by Gasteiger charge is 2.39. The summed E-state index contributed by atoms with van der Waals surface area (Å²) in [6, 6.07) is 10.1. The summed E-state index contributed by atoms with van der Waals surface area (Å²) < 4.78 is 0. The lowest BCUT2D eigenvalue weighted by atomic mass is 10.1. The van der Waals surface area contributed by atoms with Gasteiger partial charge in [0.05, 0.1) is 6.04 Å². The van der Waals surface area contributed by atoms with Gasteiger partial charge in [-0.15, -0.1) is 0 Å². The molecule has 1 saturated carbocycles. The van der Waals surface area contributed by atoms with Crippen LogP contribution in [0.2, 0.25) is 0 Å². The quantitative estimate of drug-likeness (QED) is 0.772. The number of amides is 1. The van der Waals surface area contributed by atoms with Gasteiger partial charge in [0.2, 0.25) is 5.91 Å². The van der Waals surface area contributed by atoms with Crippen molar-refractivity contribution in [1.82, 2.24) is 5.32 Å². The van der Waals surface area contributed by atoms with Crippen molar-refractivity contribution in [3.05, 3.63) is 35.9 Å². The fourth-order valence-electron chi connectivity index (χ4n) is 1.74. The number of nitrogens with two attached hydrogens (primary N) is 1. The van der Waals surface area contributed by atoms with Crippen molar-refractivity contribution >= 4 is 5.91 Å². The highest BCUT2D eigenvalue weighted by atomic mass is 16.2. The van der Waals surface area contributed by atoms with Crippen molar-refractivity contribution < 1.29 is 4.79 Å². The maximum atomic E-state index is 11.3. The predicted octanol–water partition coefficient (Wildman–Crippen LogP) is 1.01. The van der Waals surface area contributed by atoms with Crippen LogP contribution >= 0.6 is 0 Å². The molecular formula is C12H16N2O. The van der Waals surface area contributed by atoms with Gasteiger partial charge in [-0.05, 0) is 18.9 Å². The van der Waals surface area contributed by atoms with Crippen LogP contribution in [-0.2, 0) is 4.79 Å². The molecule has 0 aliphatic heterocycles. The standard InChI is InChI=1S/C12H16N2O/c1-8(13)12(15)14-11-7-10(11)9-5-3-2-4-6-9/h2-6,8,10-11H,7,13H2,1H3,(H,14,15)/t8-,10?,11?/m0/s1. The third-order valence-corrected chi connectivity index (χ3v) is 2.76. The molecule has 1 aliphatic carbocycles. The van der Waals surface area contributed by atoms with E-state index in [1.54, 1.807) is 6.92 Å². The zero-order chi connectivity index (χ0) is 10.8. The topological polar surface area (TPSA) is 55.1 Å². The minimum atomic E-state index is -0.415. The zero-order valence-corrected chi connectivity index (χ0v) is 8.81. The summed E-state index contributed by atoms with van der Waals surface area (Å²) in [6.45, 7) is 1.70. The average molecular weight is 204 g/mol. The average Bonchev–Trinajstić information content (AvgIpc) is 2.98. The molecule has 2 rings (SSSR count). The second kappa shape index (κ2) is 4.03. The molecule has 1 aliphatic rings. The van der Waals surface area contributed by atoms with Gasteiger partial charge >= 0.3 is 0 Å². The van der Waals surface area contributed by atoms with Gasteiger partial charge in [-0.25, -0.2) is 0 Å². The van der Waals surface area contributed by atoms with Crippen LogP contribution in [0, 0.1) is 0 Å². The summed E-state index contributed by atoms with van der Waals surface area (Å²) in [4.78, 5) is 11.3. The Morgan fingerprint density at radius 3 is 2.73 bits per heavy atom. The van der Waals surface area contributed by atoms with Crippen LogP contribution in [0.4, 0.5) is 0 Å². The first-order valence-electron chi connectivity index (χ1n) is 5.29. The van der Waals surface area contributed by atoms with E-state index in [0.717, 1.165) is 6.42 Å². The number of rotatable bonds is 3. The van der Waals surface area contributed by atoms with Gasteiger partial charge in [-0.1, -0.05) is 30.3 Å². The van der Waals surface area contributed by atoms with E-state index in [1.807, 2.05) is 18.2 Å². The van der Waals surface area contributed by atoms with Crippen LogP contribution < -0.4 is 11.1 Å². The minimum absolute atomic E-state index is 0.0570. The second-order valence-electron chi connectivity index (χ2n) is 4.16. The SMILES string of the molecule is C[C@H](N)C(=O)NC1CC1c1ccccc1. The minimum Gasteiger partial charge on any atom is -0.351 e. The fraction of sp³-hybridized carbons (Fsp3) is 0.417. The van der Waals surface area contributed by atoms with Crippen LogP contribution in [0.5, 0.6) is 0 Å². The third-order valence-electron chi connectivity index (χ3n) is 2.76. The van der Waals surface area contributed by atoms with E-state index in [1.165, 1.54) is 5.56 Å². The number of hydrogen-bond donors (Lipinski definition) is 2. The summed E-state index contributed by atoms with van der Waals surface area (Å²) in [5.74, 6) is 0.423. The van der Waals surface area contributed by atoms with Gasteiger partial charge in [0.1, 0.15) is 0 Å². The van der Waals surface area contributed by atoms with Crippen molar-refractivity contribution in [3.63, 3.8) is 0 Å². The Kier molecular flexibility index (Phi) is 2.73. The highest BCUT2D eigenvalue weighted by Crippen LogP contribution is 2.40. The van der Waals surface area contributed by atoms with Gasteiger partial charge in [0.25, 0.3) is 0 Å². The first kappa shape index (κ1) is 10.2. The maximum absolute atomic E-state index is 11.3. The number of nitrogens with one attached hydrogen (secondary N) is 1. The molecule has 0 radical (unpaired) electrons. The van der Waals surface area contributed by atoms with Gasteiger partial charge in [-0.2, -0.15) is 0 Å². The molecular weight excluding hydrogens is 188 g/mol. The summed E-state index contributed by atoms with van der Waals surface area (Å²) in [5.41, 5.74) is 6.78. The van der Waals surface area contributed by atoms with Crippen LogP contribution in [0.25, 0.3) is 0 Å². The normalized spacial score (nSPS) is 25.7. The van der Waals surface area contributed by atoms with Crippen molar-refractivity contribution in [2.24, 2.45) is 5.73 Å². The molecule has 3 N–H and O–H groups in total. The molecule has 3 heteroatoms. The summed E-state index contributed by atoms with van der Waals surface area (Å²) in [5, 5.41) is 2.94. The number of carbonyl (C=O) groups excluding carboxylic acids is 1. The Bertz CT molecular complexity index is 348. The third kappa shape index (κ3) is 2.36. The Balaban J connectivity index is 1.89. The lowest BCUT2D eigenvalue weighted by Gasteiger charge is -2.06. The number of carbonyl (C=O) groups is 1. The summed E-state index contributed by atoms with van der Waals surface area (Å²) >= 11 is 0. The van der Waals surface area contributed by atoms with E-state index in [9.17, 15) is 4.79 Å². The van der Waals surface area contributed by atoms with E-state index >= 15 is 0 Å². The highest BCUT2D eigenvalue weighted by molar-refractivity contribution is 5.81. The number of hydrogen-bond acceptors (Lipinski definition) is 2. The molecule has 1 aromatic carbocycles. The van der Waals surface area contributed by atoms with E-state index in [2.05, 4.69) is 17.4 Å². The molecule has 3 atom stereocenters. The molecule has 0 spiro atoms. The largest absolute Gasteiger partial charge is 0.351 e. The molecule has 1 fully saturated rings. The van der Waals surface area contributed by atoms with Crippen LogP contribution in [-0.4, -0.2) is 18.0 Å². The molecule has 1 aromatic rings. The molecule has 15 heavy (non-hydrogen) atoms. The zero-order valence-electron chi connectivity index (χ0n) is 8.81. The van der Waals surface area contributed by atoms with Crippen LogP contribution in [0.1, 0.15) is 24.8 Å². The Morgan fingerprint density at radius 2 is 2.13 bits per heavy atom. The van der Waals surface area contributed by atoms with Gasteiger partial charge < -0.3 is 11.1 Å². The van der Waals surface area contributed by atoms with Gasteiger partial charge in [0.15, 0.2) is 0 Å². The van der Waals surface area contributed by atoms with Gasteiger partial charge in [0, 0.05) is 12.0 Å². The predicted molar refractivity (Wildman–Crippen MR) is 59.4 cm³/mol. The maximum Gasteiger partial charge on any atom is 0.236 e. The summed E-state index contributed by atoms with van der Waals surface area (Å²) in [7, 11) is 0. The molecule has 80 valence electrons. The molecule has 2 unspecified atom stereocenters. The van der Waals surface area contributed by atoms with Crippen LogP contribution in [0.3, 0.4) is 0 Å². The van der Waals surface area contributed by atoms with Crippen LogP contribution in [0.15, 0.2) is 30.3 Å². The molecule has 3 nitrogen and oxygen atoms in total. The first-order valence-corrected chi connectivity index (χ1v) is 5.29. The monoisotopic (exact) mass is 204 g/mol. The number of benzene rings is 1. The molecule has 0 saturated heterocycles. The fourth-order valence-corrected chi connectivity index (χ4v) is 1.74. The summed E-state index contributed by atoms with van der Waals surface area (Å²) in [6.07, 6.45) is 1.03. The molecule has 0 aromatic heterocycles. The lowest BCUT2D eigenvalue weighted by molar-refractivity contribution is -0.122. The Labute approximate surface area is 89.7 Å². The Hall–Kier alpha value is -1.35. The second-order valence-corrected chi connectivity index (χ2v) is 4.16. The van der Waals surface area contributed by atoms with E-state index in [4.69, 9.17) is 5.73 Å². The van der Waals surface area contributed by atoms with Crippen molar-refractivity contribution in [3.8, 4) is 0 Å². The first-order chi connectivity index (χ1) is 7.18. The van der Waals surface area contributed by atoms with Crippen molar-refractivity contribution in [1.29, 1.82) is 0 Å². The molecule has 1 amide bonds.